The number of piperazine rings is 1. The molecule has 0 amide bonds. The van der Waals surface area contributed by atoms with E-state index in [0.717, 1.165) is 41.9 Å². The van der Waals surface area contributed by atoms with Crippen molar-refractivity contribution in [3.8, 4) is 16.3 Å². The summed E-state index contributed by atoms with van der Waals surface area (Å²) >= 11 is 1.62. The van der Waals surface area contributed by atoms with Crippen LogP contribution < -0.4 is 0 Å². The molecule has 5 heteroatoms. The molecule has 1 aliphatic heterocycles. The number of hydrogen-bond donors (Lipinski definition) is 1. The van der Waals surface area contributed by atoms with E-state index in [2.05, 4.69) is 15.2 Å². The summed E-state index contributed by atoms with van der Waals surface area (Å²) in [5, 5.41) is 13.0. The third-order valence-electron chi connectivity index (χ3n) is 5.57. The molecular weight excluding hydrogens is 330 g/mol. The van der Waals surface area contributed by atoms with Crippen LogP contribution >= 0.6 is 11.3 Å². The molecule has 2 heterocycles. The van der Waals surface area contributed by atoms with E-state index < -0.39 is 0 Å². The number of phenolic OH excluding ortho intramolecular Hbond substituents is 1. The summed E-state index contributed by atoms with van der Waals surface area (Å²) in [4.78, 5) is 9.98. The molecule has 1 saturated heterocycles. The van der Waals surface area contributed by atoms with Gasteiger partial charge >= 0.3 is 0 Å². The highest BCUT2D eigenvalue weighted by molar-refractivity contribution is 7.13. The molecule has 25 heavy (non-hydrogen) atoms. The molecule has 1 saturated carbocycles. The first-order chi connectivity index (χ1) is 12.3. The number of benzene rings is 1. The molecular formula is C20H27N3OS. The van der Waals surface area contributed by atoms with Gasteiger partial charge in [-0.2, -0.15) is 0 Å². The Labute approximate surface area is 154 Å². The molecule has 0 unspecified atom stereocenters. The first-order valence-electron chi connectivity index (χ1n) is 9.49. The Morgan fingerprint density at radius 2 is 1.80 bits per heavy atom. The van der Waals surface area contributed by atoms with Crippen LogP contribution in [0.3, 0.4) is 0 Å². The molecule has 2 aliphatic rings. The van der Waals surface area contributed by atoms with Crippen molar-refractivity contribution in [2.75, 3.05) is 26.2 Å². The standard InChI is InChI=1S/C20H27N3OS/c24-19-9-5-4-8-18(19)20-21-16(15-25-20)14-22-10-12-23(13-11-22)17-6-2-1-3-7-17/h4-5,8-9,15,17,24H,1-3,6-7,10-14H2. The van der Waals surface area contributed by atoms with E-state index in [4.69, 9.17) is 4.98 Å². The van der Waals surface area contributed by atoms with Crippen LogP contribution in [0.4, 0.5) is 0 Å². The van der Waals surface area contributed by atoms with E-state index in [0.29, 0.717) is 5.75 Å². The number of thiazole rings is 1. The van der Waals surface area contributed by atoms with Crippen molar-refractivity contribution in [2.45, 2.75) is 44.7 Å². The lowest BCUT2D eigenvalue weighted by atomic mass is 9.94. The summed E-state index contributed by atoms with van der Waals surface area (Å²) in [6.45, 7) is 5.59. The molecule has 2 fully saturated rings. The summed E-state index contributed by atoms with van der Waals surface area (Å²) in [5.41, 5.74) is 1.95. The van der Waals surface area contributed by atoms with Crippen molar-refractivity contribution < 1.29 is 5.11 Å². The number of phenols is 1. The minimum absolute atomic E-state index is 0.310. The molecule has 1 aliphatic carbocycles. The largest absolute Gasteiger partial charge is 0.507 e. The van der Waals surface area contributed by atoms with E-state index in [1.54, 1.807) is 17.4 Å². The van der Waals surface area contributed by atoms with Crippen LogP contribution in [0.15, 0.2) is 29.6 Å². The van der Waals surface area contributed by atoms with Gasteiger partial charge in [-0.15, -0.1) is 11.3 Å². The van der Waals surface area contributed by atoms with Gasteiger partial charge in [-0.3, -0.25) is 9.80 Å². The zero-order valence-corrected chi connectivity index (χ0v) is 15.5. The maximum Gasteiger partial charge on any atom is 0.127 e. The molecule has 0 spiro atoms. The third-order valence-corrected chi connectivity index (χ3v) is 6.49. The van der Waals surface area contributed by atoms with Gasteiger partial charge in [0.15, 0.2) is 0 Å². The number of para-hydroxylation sites is 1. The Morgan fingerprint density at radius 3 is 2.56 bits per heavy atom. The Balaban J connectivity index is 1.32. The van der Waals surface area contributed by atoms with Crippen molar-refractivity contribution in [2.24, 2.45) is 0 Å². The van der Waals surface area contributed by atoms with Crippen LogP contribution in [0, 0.1) is 0 Å². The first kappa shape index (κ1) is 17.0. The van der Waals surface area contributed by atoms with Crippen molar-refractivity contribution in [3.63, 3.8) is 0 Å². The molecule has 4 rings (SSSR count). The number of hydrogen-bond acceptors (Lipinski definition) is 5. The van der Waals surface area contributed by atoms with Gasteiger partial charge in [-0.05, 0) is 25.0 Å². The maximum atomic E-state index is 10.00. The summed E-state index contributed by atoms with van der Waals surface area (Å²) in [5.74, 6) is 0.310. The van der Waals surface area contributed by atoms with Gasteiger partial charge in [0, 0.05) is 44.1 Å². The monoisotopic (exact) mass is 357 g/mol. The van der Waals surface area contributed by atoms with E-state index in [1.165, 1.54) is 45.2 Å². The lowest BCUT2D eigenvalue weighted by Gasteiger charge is -2.40. The predicted molar refractivity (Wildman–Crippen MR) is 103 cm³/mol. The maximum absolute atomic E-state index is 10.00. The average Bonchev–Trinajstić information content (AvgIpc) is 3.12. The van der Waals surface area contributed by atoms with Crippen LogP contribution in [0.5, 0.6) is 5.75 Å². The second-order valence-electron chi connectivity index (χ2n) is 7.27. The van der Waals surface area contributed by atoms with Gasteiger partial charge in [0.1, 0.15) is 10.8 Å². The molecule has 0 bridgehead atoms. The zero-order valence-electron chi connectivity index (χ0n) is 14.7. The highest BCUT2D eigenvalue weighted by Crippen LogP contribution is 2.31. The fourth-order valence-electron chi connectivity index (χ4n) is 4.12. The van der Waals surface area contributed by atoms with Gasteiger partial charge < -0.3 is 5.11 Å². The lowest BCUT2D eigenvalue weighted by Crippen LogP contribution is -2.50. The Bertz CT molecular complexity index is 688. The highest BCUT2D eigenvalue weighted by Gasteiger charge is 2.25. The normalized spacial score (nSPS) is 20.8. The predicted octanol–water partition coefficient (Wildman–Crippen LogP) is 3.97. The molecule has 0 atom stereocenters. The molecule has 2 aromatic rings. The Kier molecular flexibility index (Phi) is 5.34. The summed E-state index contributed by atoms with van der Waals surface area (Å²) in [6.07, 6.45) is 7.06. The van der Waals surface area contributed by atoms with E-state index in [-0.39, 0.29) is 0 Å². The van der Waals surface area contributed by atoms with Crippen molar-refractivity contribution in [1.29, 1.82) is 0 Å². The van der Waals surface area contributed by atoms with Crippen molar-refractivity contribution >= 4 is 11.3 Å². The number of nitrogens with zero attached hydrogens (tertiary/aromatic N) is 3. The van der Waals surface area contributed by atoms with E-state index >= 15 is 0 Å². The average molecular weight is 358 g/mol. The lowest BCUT2D eigenvalue weighted by molar-refractivity contribution is 0.0750. The quantitative estimate of drug-likeness (QED) is 0.899. The first-order valence-corrected chi connectivity index (χ1v) is 10.4. The molecule has 134 valence electrons. The van der Waals surface area contributed by atoms with Crippen LogP contribution in [0.25, 0.3) is 10.6 Å². The summed E-state index contributed by atoms with van der Waals surface area (Å²) in [7, 11) is 0. The molecule has 0 radical (unpaired) electrons. The zero-order chi connectivity index (χ0) is 17.1. The summed E-state index contributed by atoms with van der Waals surface area (Å²) < 4.78 is 0. The van der Waals surface area contributed by atoms with Gasteiger partial charge in [0.2, 0.25) is 0 Å². The van der Waals surface area contributed by atoms with E-state index in [1.807, 2.05) is 18.2 Å². The van der Waals surface area contributed by atoms with E-state index in [9.17, 15) is 5.11 Å². The Hall–Kier alpha value is -1.43. The summed E-state index contributed by atoms with van der Waals surface area (Å²) in [6, 6.07) is 8.28. The fraction of sp³-hybridized carbons (Fsp3) is 0.550. The Morgan fingerprint density at radius 1 is 1.04 bits per heavy atom. The van der Waals surface area contributed by atoms with Crippen LogP contribution in [-0.2, 0) is 6.54 Å². The van der Waals surface area contributed by atoms with Crippen LogP contribution in [0.2, 0.25) is 0 Å². The number of aromatic hydroxyl groups is 1. The molecule has 1 N–H and O–H groups in total. The SMILES string of the molecule is Oc1ccccc1-c1nc(CN2CCN(C3CCCCC3)CC2)cs1. The third kappa shape index (κ3) is 4.05. The van der Waals surface area contributed by atoms with Crippen molar-refractivity contribution in [3.05, 3.63) is 35.3 Å². The number of aromatic nitrogens is 1. The van der Waals surface area contributed by atoms with Gasteiger partial charge in [0.25, 0.3) is 0 Å². The topological polar surface area (TPSA) is 39.6 Å². The second kappa shape index (κ2) is 7.85. The second-order valence-corrected chi connectivity index (χ2v) is 8.12. The molecule has 1 aromatic heterocycles. The highest BCUT2D eigenvalue weighted by atomic mass is 32.1. The minimum atomic E-state index is 0.310. The van der Waals surface area contributed by atoms with Gasteiger partial charge in [0.05, 0.1) is 11.3 Å². The minimum Gasteiger partial charge on any atom is -0.507 e. The van der Waals surface area contributed by atoms with Gasteiger partial charge in [-0.1, -0.05) is 31.4 Å². The molecule has 1 aromatic carbocycles. The van der Waals surface area contributed by atoms with Crippen molar-refractivity contribution in [1.82, 2.24) is 14.8 Å². The van der Waals surface area contributed by atoms with Gasteiger partial charge in [-0.25, -0.2) is 4.98 Å². The number of rotatable bonds is 4. The van der Waals surface area contributed by atoms with Crippen LogP contribution in [0.1, 0.15) is 37.8 Å². The smallest absolute Gasteiger partial charge is 0.127 e. The fourth-order valence-corrected chi connectivity index (χ4v) is 4.96. The van der Waals surface area contributed by atoms with Crippen LogP contribution in [-0.4, -0.2) is 52.1 Å². The molecule has 4 nitrogen and oxygen atoms in total.